The van der Waals surface area contributed by atoms with Crippen LogP contribution in [0.15, 0.2) is 0 Å². The Kier molecular flexibility index (Phi) is 3.13. The molecule has 7 heteroatoms. The molecule has 1 aliphatic heterocycles. The fraction of sp³-hybridized carbons (Fsp3) is 0.857. The Balaban J connectivity index is 2.65. The van der Waals surface area contributed by atoms with Gasteiger partial charge >= 0.3 is 0 Å². The van der Waals surface area contributed by atoms with Gasteiger partial charge in [-0.25, -0.2) is 13.6 Å². The molecule has 0 saturated carbocycles. The van der Waals surface area contributed by atoms with Crippen LogP contribution in [0.5, 0.6) is 0 Å². The molecule has 0 bridgehead atoms. The van der Waals surface area contributed by atoms with Crippen molar-refractivity contribution in [3.8, 4) is 0 Å². The maximum Gasteiger partial charge on any atom is 0.224 e. The normalized spacial score (nSPS) is 25.5. The second-order valence-corrected chi connectivity index (χ2v) is 5.41. The fourth-order valence-electron chi connectivity index (χ4n) is 1.45. The third kappa shape index (κ3) is 2.66. The van der Waals surface area contributed by atoms with Gasteiger partial charge in [-0.1, -0.05) is 0 Å². The van der Waals surface area contributed by atoms with E-state index in [1.165, 1.54) is 11.8 Å². The molecule has 1 aliphatic rings. The maximum absolute atomic E-state index is 11.3. The highest BCUT2D eigenvalue weighted by molar-refractivity contribution is 7.89. The minimum absolute atomic E-state index is 0.0778. The van der Waals surface area contributed by atoms with E-state index in [9.17, 15) is 13.2 Å². The summed E-state index contributed by atoms with van der Waals surface area (Å²) in [5, 5.41) is 13.1. The summed E-state index contributed by atoms with van der Waals surface area (Å²) in [4.78, 5) is 12.6. The van der Waals surface area contributed by atoms with Gasteiger partial charge in [-0.3, -0.25) is 4.79 Å². The summed E-state index contributed by atoms with van der Waals surface area (Å²) >= 11 is 0. The molecular weight excluding hydrogens is 208 g/mol. The summed E-state index contributed by atoms with van der Waals surface area (Å²) in [6, 6.07) is 0. The summed E-state index contributed by atoms with van der Waals surface area (Å²) in [5.41, 5.74) is 0. The van der Waals surface area contributed by atoms with Crippen LogP contribution in [0.3, 0.4) is 0 Å². The van der Waals surface area contributed by atoms with E-state index >= 15 is 0 Å². The summed E-state index contributed by atoms with van der Waals surface area (Å²) in [7, 11) is -3.65. The van der Waals surface area contributed by atoms with E-state index in [1.807, 2.05) is 0 Å². The minimum Gasteiger partial charge on any atom is -0.392 e. The monoisotopic (exact) mass is 222 g/mol. The predicted molar refractivity (Wildman–Crippen MR) is 49.8 cm³/mol. The zero-order chi connectivity index (χ0) is 10.9. The largest absolute Gasteiger partial charge is 0.392 e. The third-order valence-electron chi connectivity index (χ3n) is 2.13. The lowest BCUT2D eigenvalue weighted by atomic mass is 10.4. The molecule has 6 nitrogen and oxygen atoms in total. The van der Waals surface area contributed by atoms with E-state index in [-0.39, 0.29) is 25.4 Å². The van der Waals surface area contributed by atoms with Crippen LogP contribution in [0.1, 0.15) is 13.3 Å². The van der Waals surface area contributed by atoms with E-state index in [0.717, 1.165) is 0 Å². The van der Waals surface area contributed by atoms with Gasteiger partial charge < -0.3 is 10.0 Å². The molecule has 0 spiro atoms. The standard InChI is InChI=1S/C7H14N2O4S/c1-5(10)3-9-4-6(2-7(9)11)14(8,12)13/h5-6,10H,2-4H2,1H3,(H2,8,12,13). The number of primary sulfonamides is 1. The highest BCUT2D eigenvalue weighted by Gasteiger charge is 2.36. The van der Waals surface area contributed by atoms with Crippen molar-refractivity contribution in [2.24, 2.45) is 5.14 Å². The lowest BCUT2D eigenvalue weighted by Crippen LogP contribution is -2.35. The van der Waals surface area contributed by atoms with E-state index in [4.69, 9.17) is 10.2 Å². The second-order valence-electron chi connectivity index (χ2n) is 3.56. The third-order valence-corrected chi connectivity index (χ3v) is 3.37. The van der Waals surface area contributed by atoms with Gasteiger partial charge in [0, 0.05) is 19.5 Å². The van der Waals surface area contributed by atoms with Crippen molar-refractivity contribution < 1.29 is 18.3 Å². The molecule has 2 atom stereocenters. The number of aliphatic hydroxyl groups is 1. The number of nitrogens with zero attached hydrogens (tertiary/aromatic N) is 1. The summed E-state index contributed by atoms with van der Waals surface area (Å²) < 4.78 is 21.9. The molecule has 1 rings (SSSR count). The van der Waals surface area contributed by atoms with Crippen molar-refractivity contribution in [2.75, 3.05) is 13.1 Å². The average molecular weight is 222 g/mol. The quantitative estimate of drug-likeness (QED) is 0.591. The van der Waals surface area contributed by atoms with Gasteiger partial charge in [-0.05, 0) is 6.92 Å². The number of likely N-dealkylation sites (tertiary alicyclic amines) is 1. The van der Waals surface area contributed by atoms with Crippen molar-refractivity contribution >= 4 is 15.9 Å². The van der Waals surface area contributed by atoms with Crippen LogP contribution in [0.4, 0.5) is 0 Å². The number of β-amino-alcohol motifs (C(OH)–C–C–N with tert-alkyl or cyclic N) is 1. The molecule has 0 aromatic heterocycles. The number of carbonyl (C=O) groups is 1. The Morgan fingerprint density at radius 2 is 2.29 bits per heavy atom. The van der Waals surface area contributed by atoms with Crippen LogP contribution in [-0.4, -0.2) is 48.8 Å². The first kappa shape index (κ1) is 11.4. The van der Waals surface area contributed by atoms with Crippen LogP contribution in [0.2, 0.25) is 0 Å². The number of hydrogen-bond acceptors (Lipinski definition) is 4. The topological polar surface area (TPSA) is 101 Å². The Hall–Kier alpha value is -0.660. The molecule has 1 amide bonds. The number of carbonyl (C=O) groups excluding carboxylic acids is 1. The van der Waals surface area contributed by atoms with Gasteiger partial charge in [-0.2, -0.15) is 0 Å². The van der Waals surface area contributed by atoms with E-state index in [0.29, 0.717) is 0 Å². The Bertz CT molecular complexity index is 325. The molecule has 0 aromatic carbocycles. The maximum atomic E-state index is 11.3. The van der Waals surface area contributed by atoms with Crippen molar-refractivity contribution in [3.05, 3.63) is 0 Å². The fourth-order valence-corrected chi connectivity index (χ4v) is 2.21. The SMILES string of the molecule is CC(O)CN1CC(S(N)(=O)=O)CC1=O. The molecule has 1 saturated heterocycles. The number of rotatable bonds is 3. The van der Waals surface area contributed by atoms with Gasteiger partial charge in [0.1, 0.15) is 5.25 Å². The summed E-state index contributed by atoms with van der Waals surface area (Å²) in [6.45, 7) is 1.78. The first-order valence-corrected chi connectivity index (χ1v) is 5.89. The van der Waals surface area contributed by atoms with Gasteiger partial charge in [-0.15, -0.1) is 0 Å². The zero-order valence-corrected chi connectivity index (χ0v) is 8.70. The van der Waals surface area contributed by atoms with Crippen LogP contribution in [0.25, 0.3) is 0 Å². The molecule has 2 unspecified atom stereocenters. The predicted octanol–water partition coefficient (Wildman–Crippen LogP) is -1.74. The number of aliphatic hydroxyl groups excluding tert-OH is 1. The summed E-state index contributed by atoms with van der Waals surface area (Å²) in [6.07, 6.45) is -0.732. The molecular formula is C7H14N2O4S. The Morgan fingerprint density at radius 1 is 1.71 bits per heavy atom. The minimum atomic E-state index is -3.65. The van der Waals surface area contributed by atoms with E-state index in [2.05, 4.69) is 0 Å². The molecule has 0 aliphatic carbocycles. The molecule has 1 heterocycles. The van der Waals surface area contributed by atoms with Gasteiger partial charge in [0.15, 0.2) is 0 Å². The van der Waals surface area contributed by atoms with E-state index in [1.54, 1.807) is 0 Å². The van der Waals surface area contributed by atoms with Gasteiger partial charge in [0.2, 0.25) is 15.9 Å². The molecule has 3 N–H and O–H groups in total. The molecule has 0 radical (unpaired) electrons. The van der Waals surface area contributed by atoms with Crippen LogP contribution < -0.4 is 5.14 Å². The molecule has 0 aromatic rings. The number of amides is 1. The van der Waals surface area contributed by atoms with Crippen molar-refractivity contribution in [3.63, 3.8) is 0 Å². The highest BCUT2D eigenvalue weighted by Crippen LogP contribution is 2.16. The highest BCUT2D eigenvalue weighted by atomic mass is 32.2. The number of hydrogen-bond donors (Lipinski definition) is 2. The van der Waals surface area contributed by atoms with Crippen LogP contribution in [-0.2, 0) is 14.8 Å². The second kappa shape index (κ2) is 3.84. The smallest absolute Gasteiger partial charge is 0.224 e. The molecule has 1 fully saturated rings. The van der Waals surface area contributed by atoms with Crippen molar-refractivity contribution in [1.29, 1.82) is 0 Å². The Labute approximate surface area is 82.7 Å². The van der Waals surface area contributed by atoms with Crippen LogP contribution in [0, 0.1) is 0 Å². The zero-order valence-electron chi connectivity index (χ0n) is 7.88. The average Bonchev–Trinajstić information content (AvgIpc) is 2.30. The van der Waals surface area contributed by atoms with E-state index < -0.39 is 21.4 Å². The number of sulfonamides is 1. The lowest BCUT2D eigenvalue weighted by molar-refractivity contribution is -0.128. The molecule has 14 heavy (non-hydrogen) atoms. The molecule has 82 valence electrons. The Morgan fingerprint density at radius 3 is 2.64 bits per heavy atom. The lowest BCUT2D eigenvalue weighted by Gasteiger charge is -2.17. The first-order valence-electron chi connectivity index (χ1n) is 4.28. The van der Waals surface area contributed by atoms with Crippen molar-refractivity contribution in [1.82, 2.24) is 4.90 Å². The number of nitrogens with two attached hydrogens (primary N) is 1. The summed E-state index contributed by atoms with van der Waals surface area (Å²) in [5.74, 6) is -0.273. The van der Waals surface area contributed by atoms with Gasteiger partial charge in [0.05, 0.1) is 6.10 Å². The van der Waals surface area contributed by atoms with Gasteiger partial charge in [0.25, 0.3) is 0 Å². The van der Waals surface area contributed by atoms with Crippen molar-refractivity contribution in [2.45, 2.75) is 24.7 Å². The van der Waals surface area contributed by atoms with Crippen LogP contribution >= 0.6 is 0 Å². The first-order chi connectivity index (χ1) is 6.30.